The van der Waals surface area contributed by atoms with E-state index in [4.69, 9.17) is 0 Å². The summed E-state index contributed by atoms with van der Waals surface area (Å²) in [6.07, 6.45) is 2.41. The van der Waals surface area contributed by atoms with Crippen LogP contribution in [-0.2, 0) is 11.3 Å². The van der Waals surface area contributed by atoms with Gasteiger partial charge in [-0.25, -0.2) is 0 Å². The number of nitrogens with one attached hydrogen (secondary N) is 1. The van der Waals surface area contributed by atoms with Crippen molar-refractivity contribution < 1.29 is 9.72 Å². The SMILES string of the molecule is O=C(Cn1cc([N+](=O)[O-])cn1)N1CCNCC1. The molecule has 1 saturated heterocycles. The quantitative estimate of drug-likeness (QED) is 0.552. The first-order valence-electron chi connectivity index (χ1n) is 5.32. The second kappa shape index (κ2) is 4.91. The third-order valence-corrected chi connectivity index (χ3v) is 2.60. The van der Waals surface area contributed by atoms with E-state index < -0.39 is 4.92 Å². The zero-order valence-electron chi connectivity index (χ0n) is 9.20. The molecule has 0 spiro atoms. The van der Waals surface area contributed by atoms with Gasteiger partial charge in [-0.15, -0.1) is 0 Å². The fourth-order valence-electron chi connectivity index (χ4n) is 1.69. The first-order valence-corrected chi connectivity index (χ1v) is 5.32. The smallest absolute Gasteiger partial charge is 0.307 e. The van der Waals surface area contributed by atoms with Crippen molar-refractivity contribution in [2.75, 3.05) is 26.2 Å². The highest BCUT2D eigenvalue weighted by molar-refractivity contribution is 5.76. The highest BCUT2D eigenvalue weighted by Gasteiger charge is 2.18. The van der Waals surface area contributed by atoms with Gasteiger partial charge in [-0.05, 0) is 0 Å². The van der Waals surface area contributed by atoms with E-state index in [9.17, 15) is 14.9 Å². The van der Waals surface area contributed by atoms with Crippen LogP contribution in [0.5, 0.6) is 0 Å². The zero-order chi connectivity index (χ0) is 12.3. The number of rotatable bonds is 3. The van der Waals surface area contributed by atoms with Crippen molar-refractivity contribution in [1.82, 2.24) is 20.0 Å². The Kier molecular flexibility index (Phi) is 3.33. The van der Waals surface area contributed by atoms with Gasteiger partial charge in [-0.1, -0.05) is 0 Å². The zero-order valence-corrected chi connectivity index (χ0v) is 9.20. The third-order valence-electron chi connectivity index (χ3n) is 2.60. The normalized spacial score (nSPS) is 15.9. The monoisotopic (exact) mass is 239 g/mol. The lowest BCUT2D eigenvalue weighted by molar-refractivity contribution is -0.385. The number of nitro groups is 1. The highest BCUT2D eigenvalue weighted by Crippen LogP contribution is 2.08. The molecule has 0 aromatic carbocycles. The number of carbonyl (C=O) groups is 1. The molecule has 0 bridgehead atoms. The van der Waals surface area contributed by atoms with E-state index >= 15 is 0 Å². The maximum absolute atomic E-state index is 11.8. The minimum atomic E-state index is -0.529. The van der Waals surface area contributed by atoms with Crippen molar-refractivity contribution in [3.8, 4) is 0 Å². The third kappa shape index (κ3) is 2.78. The molecular formula is C9H13N5O3. The lowest BCUT2D eigenvalue weighted by atomic mass is 10.3. The Balaban J connectivity index is 1.94. The summed E-state index contributed by atoms with van der Waals surface area (Å²) in [4.78, 5) is 23.5. The minimum Gasteiger partial charge on any atom is -0.339 e. The molecular weight excluding hydrogens is 226 g/mol. The van der Waals surface area contributed by atoms with Gasteiger partial charge in [0.2, 0.25) is 5.91 Å². The van der Waals surface area contributed by atoms with E-state index in [1.807, 2.05) is 0 Å². The molecule has 8 heteroatoms. The molecule has 1 fully saturated rings. The van der Waals surface area contributed by atoms with Crippen molar-refractivity contribution in [3.05, 3.63) is 22.5 Å². The number of piperazine rings is 1. The number of aromatic nitrogens is 2. The molecule has 17 heavy (non-hydrogen) atoms. The van der Waals surface area contributed by atoms with Gasteiger partial charge in [0, 0.05) is 26.2 Å². The number of hydrogen-bond donors (Lipinski definition) is 1. The Hall–Kier alpha value is -1.96. The van der Waals surface area contributed by atoms with E-state index in [1.165, 1.54) is 10.9 Å². The summed E-state index contributed by atoms with van der Waals surface area (Å²) in [6, 6.07) is 0. The molecule has 1 amide bonds. The van der Waals surface area contributed by atoms with Crippen LogP contribution in [0.25, 0.3) is 0 Å². The van der Waals surface area contributed by atoms with Crippen LogP contribution in [-0.4, -0.2) is 51.7 Å². The lowest BCUT2D eigenvalue weighted by Crippen LogP contribution is -2.47. The molecule has 0 radical (unpaired) electrons. The van der Waals surface area contributed by atoms with Crippen LogP contribution in [0.4, 0.5) is 5.69 Å². The molecule has 92 valence electrons. The van der Waals surface area contributed by atoms with Crippen LogP contribution < -0.4 is 5.32 Å². The van der Waals surface area contributed by atoms with Crippen LogP contribution in [0.2, 0.25) is 0 Å². The molecule has 0 atom stereocenters. The predicted octanol–water partition coefficient (Wildman–Crippen LogP) is -0.777. The standard InChI is InChI=1S/C9H13N5O3/c15-9(12-3-1-10-2-4-12)7-13-6-8(5-11-13)14(16)17/h5-6,10H,1-4,7H2. The molecule has 1 aliphatic heterocycles. The van der Waals surface area contributed by atoms with Gasteiger partial charge in [0.15, 0.2) is 0 Å². The second-order valence-electron chi connectivity index (χ2n) is 3.78. The molecule has 0 aliphatic carbocycles. The number of carbonyl (C=O) groups excluding carboxylic acids is 1. The van der Waals surface area contributed by atoms with Crippen LogP contribution >= 0.6 is 0 Å². The highest BCUT2D eigenvalue weighted by atomic mass is 16.6. The van der Waals surface area contributed by atoms with E-state index in [0.29, 0.717) is 13.1 Å². The molecule has 8 nitrogen and oxygen atoms in total. The van der Waals surface area contributed by atoms with E-state index in [-0.39, 0.29) is 18.1 Å². The van der Waals surface area contributed by atoms with E-state index in [2.05, 4.69) is 10.4 Å². The largest absolute Gasteiger partial charge is 0.339 e. The number of nitrogens with zero attached hydrogens (tertiary/aromatic N) is 4. The predicted molar refractivity (Wildman–Crippen MR) is 58.3 cm³/mol. The summed E-state index contributed by atoms with van der Waals surface area (Å²) < 4.78 is 1.29. The van der Waals surface area contributed by atoms with Crippen LogP contribution in [0, 0.1) is 10.1 Å². The molecule has 1 aromatic heterocycles. The van der Waals surface area contributed by atoms with E-state index in [0.717, 1.165) is 19.3 Å². The van der Waals surface area contributed by atoms with Crippen LogP contribution in [0.3, 0.4) is 0 Å². The van der Waals surface area contributed by atoms with Gasteiger partial charge >= 0.3 is 5.69 Å². The van der Waals surface area contributed by atoms with Gasteiger partial charge < -0.3 is 10.2 Å². The summed E-state index contributed by atoms with van der Waals surface area (Å²) in [7, 11) is 0. The van der Waals surface area contributed by atoms with Gasteiger partial charge in [0.1, 0.15) is 18.9 Å². The summed E-state index contributed by atoms with van der Waals surface area (Å²) in [5, 5.41) is 17.4. The van der Waals surface area contributed by atoms with Gasteiger partial charge in [0.05, 0.1) is 4.92 Å². The topological polar surface area (TPSA) is 93.3 Å². The fourth-order valence-corrected chi connectivity index (χ4v) is 1.69. The number of amides is 1. The Morgan fingerprint density at radius 1 is 1.53 bits per heavy atom. The van der Waals surface area contributed by atoms with Gasteiger partial charge in [0.25, 0.3) is 0 Å². The van der Waals surface area contributed by atoms with Crippen molar-refractivity contribution >= 4 is 11.6 Å². The molecule has 2 rings (SSSR count). The number of hydrogen-bond acceptors (Lipinski definition) is 5. The summed E-state index contributed by atoms with van der Waals surface area (Å²) in [5.41, 5.74) is -0.0990. The van der Waals surface area contributed by atoms with Crippen molar-refractivity contribution in [1.29, 1.82) is 0 Å². The van der Waals surface area contributed by atoms with Gasteiger partial charge in [-0.3, -0.25) is 19.6 Å². The van der Waals surface area contributed by atoms with Gasteiger partial charge in [-0.2, -0.15) is 5.10 Å². The van der Waals surface area contributed by atoms with Crippen molar-refractivity contribution in [3.63, 3.8) is 0 Å². The van der Waals surface area contributed by atoms with Crippen LogP contribution in [0.1, 0.15) is 0 Å². The van der Waals surface area contributed by atoms with Crippen molar-refractivity contribution in [2.45, 2.75) is 6.54 Å². The summed E-state index contributed by atoms with van der Waals surface area (Å²) >= 11 is 0. The minimum absolute atomic E-state index is 0.0494. The molecule has 0 unspecified atom stereocenters. The Morgan fingerprint density at radius 3 is 2.82 bits per heavy atom. The molecule has 2 heterocycles. The van der Waals surface area contributed by atoms with Crippen molar-refractivity contribution in [2.24, 2.45) is 0 Å². The second-order valence-corrected chi connectivity index (χ2v) is 3.78. The maximum Gasteiger partial charge on any atom is 0.307 e. The molecule has 1 aromatic rings. The Labute approximate surface area is 97.3 Å². The average Bonchev–Trinajstić information content (AvgIpc) is 2.79. The van der Waals surface area contributed by atoms with Crippen LogP contribution in [0.15, 0.2) is 12.4 Å². The fraction of sp³-hybridized carbons (Fsp3) is 0.556. The Bertz CT molecular complexity index is 424. The average molecular weight is 239 g/mol. The molecule has 1 aliphatic rings. The maximum atomic E-state index is 11.8. The van der Waals surface area contributed by atoms with E-state index in [1.54, 1.807) is 4.90 Å². The Morgan fingerprint density at radius 2 is 2.24 bits per heavy atom. The molecule has 1 N–H and O–H groups in total. The summed E-state index contributed by atoms with van der Waals surface area (Å²) in [5.74, 6) is -0.0653. The molecule has 0 saturated carbocycles. The lowest BCUT2D eigenvalue weighted by Gasteiger charge is -2.27. The first-order chi connectivity index (χ1) is 8.16. The summed E-state index contributed by atoms with van der Waals surface area (Å²) in [6.45, 7) is 2.95. The first kappa shape index (κ1) is 11.5.